The smallest absolute Gasteiger partial charge is 0.173 e. The Bertz CT molecular complexity index is 400. The molecule has 0 atom stereocenters. The lowest BCUT2D eigenvalue weighted by molar-refractivity contribution is -0.117. The minimum Gasteiger partial charge on any atom is -0.299 e. The van der Waals surface area contributed by atoms with Crippen molar-refractivity contribution in [3.63, 3.8) is 0 Å². The van der Waals surface area contributed by atoms with Crippen LogP contribution < -0.4 is 0 Å². The second-order valence-corrected chi connectivity index (χ2v) is 3.09. The van der Waals surface area contributed by atoms with Crippen LogP contribution in [0.1, 0.15) is 30.1 Å². The third-order valence-corrected chi connectivity index (χ3v) is 2.00. The Morgan fingerprint density at radius 2 is 1.93 bits per heavy atom. The summed E-state index contributed by atoms with van der Waals surface area (Å²) in [6, 6.07) is 3.33. The molecule has 0 aliphatic heterocycles. The van der Waals surface area contributed by atoms with Gasteiger partial charge in [-0.15, -0.1) is 0 Å². The molecule has 0 unspecified atom stereocenters. The maximum atomic E-state index is 13.1. The third-order valence-electron chi connectivity index (χ3n) is 2.00. The molecule has 0 radical (unpaired) electrons. The summed E-state index contributed by atoms with van der Waals surface area (Å²) in [5.41, 5.74) is -0.364. The number of rotatable bonds is 4. The quantitative estimate of drug-likeness (QED) is 0.567. The van der Waals surface area contributed by atoms with Gasteiger partial charge in [0.1, 0.15) is 5.78 Å². The molecule has 80 valence electrons. The van der Waals surface area contributed by atoms with Gasteiger partial charge in [-0.25, -0.2) is 8.78 Å². The van der Waals surface area contributed by atoms with Crippen molar-refractivity contribution < 1.29 is 18.4 Å². The van der Waals surface area contributed by atoms with E-state index in [2.05, 4.69) is 0 Å². The Morgan fingerprint density at radius 3 is 2.53 bits per heavy atom. The fraction of sp³-hybridized carbons (Fsp3) is 0.273. The van der Waals surface area contributed by atoms with Crippen LogP contribution >= 0.6 is 0 Å². The molecule has 0 bridgehead atoms. The Morgan fingerprint density at radius 1 is 1.27 bits per heavy atom. The average Bonchev–Trinajstić information content (AvgIpc) is 2.21. The molecule has 15 heavy (non-hydrogen) atoms. The predicted octanol–water partition coefficient (Wildman–Crippen LogP) is 2.52. The second kappa shape index (κ2) is 4.77. The van der Waals surface area contributed by atoms with E-state index in [1.807, 2.05) is 0 Å². The topological polar surface area (TPSA) is 34.1 Å². The molecule has 0 saturated heterocycles. The summed E-state index contributed by atoms with van der Waals surface area (Å²) >= 11 is 0. The summed E-state index contributed by atoms with van der Waals surface area (Å²) in [7, 11) is 0. The number of Topliss-reactive ketones (excluding diaryl/α,β-unsaturated/α-hetero) is 2. The fourth-order valence-corrected chi connectivity index (χ4v) is 1.12. The molecule has 0 aromatic heterocycles. The summed E-state index contributed by atoms with van der Waals surface area (Å²) in [5, 5.41) is 0. The molecule has 0 saturated carbocycles. The Kier molecular flexibility index (Phi) is 3.66. The molecule has 1 aromatic rings. The zero-order valence-corrected chi connectivity index (χ0v) is 8.22. The standard InChI is InChI=1S/C11H10F2O2/c1-2-7(14)6-10(15)8-4-3-5-9(12)11(8)13/h3-5H,2,6H2,1H3. The number of halogens is 2. The summed E-state index contributed by atoms with van der Waals surface area (Å²) < 4.78 is 25.8. The van der Waals surface area contributed by atoms with Crippen molar-refractivity contribution in [3.8, 4) is 0 Å². The van der Waals surface area contributed by atoms with Crippen molar-refractivity contribution in [2.45, 2.75) is 19.8 Å². The molecule has 0 spiro atoms. The van der Waals surface area contributed by atoms with Crippen LogP contribution in [0.5, 0.6) is 0 Å². The second-order valence-electron chi connectivity index (χ2n) is 3.09. The molecule has 0 amide bonds. The molecule has 1 aromatic carbocycles. The van der Waals surface area contributed by atoms with E-state index in [0.717, 1.165) is 6.07 Å². The van der Waals surface area contributed by atoms with E-state index < -0.39 is 17.4 Å². The molecule has 0 fully saturated rings. The lowest BCUT2D eigenvalue weighted by Crippen LogP contribution is -2.09. The van der Waals surface area contributed by atoms with E-state index >= 15 is 0 Å². The van der Waals surface area contributed by atoms with Crippen LogP contribution in [0.3, 0.4) is 0 Å². The van der Waals surface area contributed by atoms with Crippen LogP contribution in [-0.2, 0) is 4.79 Å². The van der Waals surface area contributed by atoms with Gasteiger partial charge < -0.3 is 0 Å². The largest absolute Gasteiger partial charge is 0.299 e. The minimum absolute atomic E-state index is 0.211. The van der Waals surface area contributed by atoms with Gasteiger partial charge >= 0.3 is 0 Å². The van der Waals surface area contributed by atoms with Crippen molar-refractivity contribution in [1.29, 1.82) is 0 Å². The van der Waals surface area contributed by atoms with E-state index in [1.54, 1.807) is 6.92 Å². The van der Waals surface area contributed by atoms with Crippen molar-refractivity contribution in [3.05, 3.63) is 35.4 Å². The fourth-order valence-electron chi connectivity index (χ4n) is 1.12. The first-order valence-corrected chi connectivity index (χ1v) is 4.55. The van der Waals surface area contributed by atoms with Crippen molar-refractivity contribution in [1.82, 2.24) is 0 Å². The van der Waals surface area contributed by atoms with Gasteiger partial charge in [-0.05, 0) is 12.1 Å². The van der Waals surface area contributed by atoms with Gasteiger partial charge in [0.2, 0.25) is 0 Å². The maximum absolute atomic E-state index is 13.1. The highest BCUT2D eigenvalue weighted by atomic mass is 19.2. The highest BCUT2D eigenvalue weighted by Crippen LogP contribution is 2.13. The molecule has 0 heterocycles. The number of carbonyl (C=O) groups excluding carboxylic acids is 2. The molecule has 0 aliphatic rings. The van der Waals surface area contributed by atoms with Crippen LogP contribution in [0.15, 0.2) is 18.2 Å². The molecular formula is C11H10F2O2. The third kappa shape index (κ3) is 2.68. The molecular weight excluding hydrogens is 202 g/mol. The van der Waals surface area contributed by atoms with Gasteiger partial charge in [-0.3, -0.25) is 9.59 Å². The van der Waals surface area contributed by atoms with Crippen molar-refractivity contribution in [2.24, 2.45) is 0 Å². The van der Waals surface area contributed by atoms with Gasteiger partial charge in [-0.1, -0.05) is 13.0 Å². The van der Waals surface area contributed by atoms with Crippen molar-refractivity contribution >= 4 is 11.6 Å². The molecule has 0 N–H and O–H groups in total. The summed E-state index contributed by atoms with van der Waals surface area (Å²) in [6.45, 7) is 1.61. The number of carbonyl (C=O) groups is 2. The number of hydrogen-bond donors (Lipinski definition) is 0. The summed E-state index contributed by atoms with van der Waals surface area (Å²) in [6.07, 6.45) is -0.167. The van der Waals surface area contributed by atoms with Crippen LogP contribution in [0, 0.1) is 11.6 Å². The van der Waals surface area contributed by atoms with Crippen LogP contribution in [0.25, 0.3) is 0 Å². The summed E-state index contributed by atoms with van der Waals surface area (Å²) in [4.78, 5) is 22.3. The van der Waals surface area contributed by atoms with Gasteiger partial charge in [0.25, 0.3) is 0 Å². The predicted molar refractivity (Wildman–Crippen MR) is 50.6 cm³/mol. The van der Waals surface area contributed by atoms with Crippen LogP contribution in [-0.4, -0.2) is 11.6 Å². The van der Waals surface area contributed by atoms with E-state index in [9.17, 15) is 18.4 Å². The van der Waals surface area contributed by atoms with E-state index in [-0.39, 0.29) is 24.2 Å². The molecule has 4 heteroatoms. The lowest BCUT2D eigenvalue weighted by atomic mass is 10.0. The zero-order valence-electron chi connectivity index (χ0n) is 8.22. The lowest BCUT2D eigenvalue weighted by Gasteiger charge is -2.01. The average molecular weight is 212 g/mol. The van der Waals surface area contributed by atoms with Crippen molar-refractivity contribution in [2.75, 3.05) is 0 Å². The van der Waals surface area contributed by atoms with Crippen LogP contribution in [0.4, 0.5) is 8.78 Å². The molecule has 1 rings (SSSR count). The Hall–Kier alpha value is -1.58. The molecule has 0 aliphatic carbocycles. The van der Waals surface area contributed by atoms with E-state index in [1.165, 1.54) is 12.1 Å². The highest BCUT2D eigenvalue weighted by molar-refractivity contribution is 6.07. The van der Waals surface area contributed by atoms with Gasteiger partial charge in [0, 0.05) is 6.42 Å². The van der Waals surface area contributed by atoms with Gasteiger partial charge in [0.05, 0.1) is 12.0 Å². The molecule has 2 nitrogen and oxygen atoms in total. The Labute approximate surface area is 85.9 Å². The number of benzene rings is 1. The van der Waals surface area contributed by atoms with E-state index in [0.29, 0.717) is 0 Å². The van der Waals surface area contributed by atoms with Gasteiger partial charge in [-0.2, -0.15) is 0 Å². The first kappa shape index (κ1) is 11.5. The Balaban J connectivity index is 2.92. The zero-order chi connectivity index (χ0) is 11.4. The highest BCUT2D eigenvalue weighted by Gasteiger charge is 2.16. The number of hydrogen-bond acceptors (Lipinski definition) is 2. The van der Waals surface area contributed by atoms with Gasteiger partial charge in [0.15, 0.2) is 17.4 Å². The maximum Gasteiger partial charge on any atom is 0.173 e. The first-order valence-electron chi connectivity index (χ1n) is 4.55. The normalized spacial score (nSPS) is 10.1. The summed E-state index contributed by atoms with van der Waals surface area (Å²) in [5.74, 6) is -3.24. The minimum atomic E-state index is -1.19. The first-order chi connectivity index (χ1) is 7.06. The van der Waals surface area contributed by atoms with E-state index in [4.69, 9.17) is 0 Å². The monoisotopic (exact) mass is 212 g/mol. The SMILES string of the molecule is CCC(=O)CC(=O)c1cccc(F)c1F. The van der Waals surface area contributed by atoms with Crippen LogP contribution in [0.2, 0.25) is 0 Å². The number of ketones is 2.